The Balaban J connectivity index is 0.972. The van der Waals surface area contributed by atoms with E-state index in [-0.39, 0.29) is 0 Å². The van der Waals surface area contributed by atoms with Crippen LogP contribution in [0.3, 0.4) is 0 Å². The van der Waals surface area contributed by atoms with Crippen LogP contribution in [0, 0.1) is 0 Å². The van der Waals surface area contributed by atoms with E-state index in [0.717, 1.165) is 82.6 Å². The maximum atomic E-state index is 6.76. The number of para-hydroxylation sites is 2. The molecule has 0 N–H and O–H groups in total. The monoisotopic (exact) mass is 747 g/mol. The maximum Gasteiger partial charge on any atom is 0.164 e. The number of thiophene rings is 1. The van der Waals surface area contributed by atoms with Crippen molar-refractivity contribution in [3.05, 3.63) is 200 Å². The Labute approximate surface area is 333 Å². The summed E-state index contributed by atoms with van der Waals surface area (Å²) < 4.78 is 9.05. The van der Waals surface area contributed by atoms with E-state index in [9.17, 15) is 0 Å². The first-order valence-electron chi connectivity index (χ1n) is 19.1. The van der Waals surface area contributed by atoms with E-state index in [0.29, 0.717) is 5.82 Å². The maximum absolute atomic E-state index is 6.76. The molecule has 5 heteroatoms. The summed E-state index contributed by atoms with van der Waals surface area (Å²) in [6, 6.07) is 70.2. The number of furan rings is 1. The van der Waals surface area contributed by atoms with Crippen LogP contribution in [0.15, 0.2) is 205 Å². The predicted molar refractivity (Wildman–Crippen MR) is 239 cm³/mol. The van der Waals surface area contributed by atoms with Crippen molar-refractivity contribution >= 4 is 70.6 Å². The smallest absolute Gasteiger partial charge is 0.164 e. The molecule has 0 amide bonds. The van der Waals surface area contributed by atoms with Crippen molar-refractivity contribution in [1.82, 2.24) is 9.97 Å². The Morgan fingerprint density at radius 2 is 0.982 bits per heavy atom. The summed E-state index contributed by atoms with van der Waals surface area (Å²) in [5, 5.41) is 3.24. The summed E-state index contributed by atoms with van der Waals surface area (Å²) in [7, 11) is 0. The van der Waals surface area contributed by atoms with Crippen LogP contribution in [0.5, 0.6) is 0 Å². The first-order chi connectivity index (χ1) is 28.2. The predicted octanol–water partition coefficient (Wildman–Crippen LogP) is 14.9. The van der Waals surface area contributed by atoms with E-state index >= 15 is 0 Å². The second-order valence-corrected chi connectivity index (χ2v) is 15.2. The molecule has 0 unspecified atom stereocenters. The van der Waals surface area contributed by atoms with Crippen molar-refractivity contribution in [2.75, 3.05) is 4.90 Å². The number of fused-ring (bicyclic) bond motifs is 6. The van der Waals surface area contributed by atoms with Crippen LogP contribution < -0.4 is 4.90 Å². The molecule has 0 aliphatic heterocycles. The lowest BCUT2D eigenvalue weighted by atomic mass is 10.0. The van der Waals surface area contributed by atoms with E-state index in [2.05, 4.69) is 199 Å². The molecule has 0 radical (unpaired) electrons. The molecule has 268 valence electrons. The van der Waals surface area contributed by atoms with Gasteiger partial charge in [-0.25, -0.2) is 9.97 Å². The van der Waals surface area contributed by atoms with Gasteiger partial charge in [0.1, 0.15) is 11.2 Å². The molecule has 0 aliphatic rings. The summed E-state index contributed by atoms with van der Waals surface area (Å²) in [6.07, 6.45) is 0. The van der Waals surface area contributed by atoms with E-state index in [4.69, 9.17) is 14.4 Å². The standard InChI is InChI=1S/C52H33N3OS/c1-4-13-34(14-5-1)35-23-28-40(29-24-35)55(39-17-8-3-9-18-39)41-30-25-36(26-31-41)38-27-32-42-43-20-12-21-45(50(43)56-46(42)33-38)52-53-48(37-15-6-2-7-16-37)51-49(54-52)44-19-10-11-22-47(44)57-51/h1-33H. The van der Waals surface area contributed by atoms with Crippen molar-refractivity contribution in [3.8, 4) is 44.9 Å². The van der Waals surface area contributed by atoms with Crippen LogP contribution >= 0.6 is 11.3 Å². The van der Waals surface area contributed by atoms with Crippen molar-refractivity contribution in [2.24, 2.45) is 0 Å². The van der Waals surface area contributed by atoms with Crippen LogP contribution in [0.4, 0.5) is 17.1 Å². The van der Waals surface area contributed by atoms with E-state index in [1.807, 2.05) is 6.07 Å². The Kier molecular flexibility index (Phi) is 7.97. The highest BCUT2D eigenvalue weighted by molar-refractivity contribution is 7.26. The molecule has 3 aromatic heterocycles. The minimum absolute atomic E-state index is 0.656. The first-order valence-corrected chi connectivity index (χ1v) is 19.9. The molecule has 11 rings (SSSR count). The molecule has 0 atom stereocenters. The molecular weight excluding hydrogens is 715 g/mol. The van der Waals surface area contributed by atoms with E-state index < -0.39 is 0 Å². The molecule has 0 aliphatic carbocycles. The number of anilines is 3. The summed E-state index contributed by atoms with van der Waals surface area (Å²) in [5.41, 5.74) is 13.3. The van der Waals surface area contributed by atoms with Crippen molar-refractivity contribution in [1.29, 1.82) is 0 Å². The number of aromatic nitrogens is 2. The van der Waals surface area contributed by atoms with Crippen molar-refractivity contribution in [2.45, 2.75) is 0 Å². The zero-order chi connectivity index (χ0) is 37.7. The Morgan fingerprint density at radius 3 is 1.70 bits per heavy atom. The average Bonchev–Trinajstić information content (AvgIpc) is 3.86. The lowest BCUT2D eigenvalue weighted by molar-refractivity contribution is 0.669. The second kappa shape index (κ2) is 13.7. The van der Waals surface area contributed by atoms with E-state index in [1.54, 1.807) is 11.3 Å². The minimum atomic E-state index is 0.656. The fraction of sp³-hybridized carbons (Fsp3) is 0. The third kappa shape index (κ3) is 5.84. The molecule has 0 saturated carbocycles. The van der Waals surface area contributed by atoms with Gasteiger partial charge in [0.2, 0.25) is 0 Å². The van der Waals surface area contributed by atoms with Gasteiger partial charge < -0.3 is 9.32 Å². The first kappa shape index (κ1) is 33.0. The van der Waals surface area contributed by atoms with Gasteiger partial charge in [0.25, 0.3) is 0 Å². The third-order valence-electron chi connectivity index (χ3n) is 10.7. The molecule has 11 aromatic rings. The van der Waals surface area contributed by atoms with E-state index in [1.165, 1.54) is 15.8 Å². The Hall–Kier alpha value is -7.34. The molecule has 0 fully saturated rings. The van der Waals surface area contributed by atoms with Gasteiger partial charge in [-0.15, -0.1) is 11.3 Å². The van der Waals surface area contributed by atoms with Crippen LogP contribution in [0.25, 0.3) is 87.1 Å². The number of hydrogen-bond donors (Lipinski definition) is 0. The highest BCUT2D eigenvalue weighted by atomic mass is 32.1. The fourth-order valence-electron chi connectivity index (χ4n) is 7.92. The summed E-state index contributed by atoms with van der Waals surface area (Å²) in [5.74, 6) is 0.656. The highest BCUT2D eigenvalue weighted by Crippen LogP contribution is 2.42. The largest absolute Gasteiger partial charge is 0.455 e. The van der Waals surface area contributed by atoms with Crippen LogP contribution in [-0.2, 0) is 0 Å². The third-order valence-corrected chi connectivity index (χ3v) is 11.9. The zero-order valence-electron chi connectivity index (χ0n) is 30.7. The van der Waals surface area contributed by atoms with Gasteiger partial charge in [0.15, 0.2) is 5.82 Å². The van der Waals surface area contributed by atoms with Gasteiger partial charge in [0, 0.05) is 43.5 Å². The van der Waals surface area contributed by atoms with Crippen molar-refractivity contribution in [3.63, 3.8) is 0 Å². The minimum Gasteiger partial charge on any atom is -0.455 e. The van der Waals surface area contributed by atoms with Gasteiger partial charge >= 0.3 is 0 Å². The summed E-state index contributed by atoms with van der Waals surface area (Å²) >= 11 is 1.74. The normalized spacial score (nSPS) is 11.5. The molecular formula is C52H33N3OS. The highest BCUT2D eigenvalue weighted by Gasteiger charge is 2.20. The summed E-state index contributed by atoms with van der Waals surface area (Å²) in [4.78, 5) is 12.8. The van der Waals surface area contributed by atoms with Crippen LogP contribution in [-0.4, -0.2) is 9.97 Å². The molecule has 4 nitrogen and oxygen atoms in total. The lowest BCUT2D eigenvalue weighted by Gasteiger charge is -2.26. The lowest BCUT2D eigenvalue weighted by Crippen LogP contribution is -2.09. The number of nitrogens with zero attached hydrogens (tertiary/aromatic N) is 3. The number of rotatable bonds is 7. The topological polar surface area (TPSA) is 42.2 Å². The van der Waals surface area contributed by atoms with Gasteiger partial charge in [-0.2, -0.15) is 0 Å². The van der Waals surface area contributed by atoms with Gasteiger partial charge in [-0.05, 0) is 82.9 Å². The fourth-order valence-corrected chi connectivity index (χ4v) is 9.07. The Bertz CT molecular complexity index is 3210. The average molecular weight is 748 g/mol. The van der Waals surface area contributed by atoms with Crippen LogP contribution in [0.2, 0.25) is 0 Å². The SMILES string of the molecule is c1ccc(-c2ccc(N(c3ccccc3)c3ccc(-c4ccc5c(c4)oc4c(-c6nc(-c7ccccc7)c7sc8ccccc8c7n6)cccc45)cc3)cc2)cc1. The molecule has 0 saturated heterocycles. The zero-order valence-corrected chi connectivity index (χ0v) is 31.5. The van der Waals surface area contributed by atoms with Gasteiger partial charge in [-0.3, -0.25) is 0 Å². The Morgan fingerprint density at radius 1 is 0.421 bits per heavy atom. The van der Waals surface area contributed by atoms with Crippen molar-refractivity contribution < 1.29 is 4.42 Å². The quantitative estimate of drug-likeness (QED) is 0.163. The molecule has 8 aromatic carbocycles. The van der Waals surface area contributed by atoms with Gasteiger partial charge in [0.05, 0.1) is 21.5 Å². The number of benzene rings is 8. The number of hydrogen-bond acceptors (Lipinski definition) is 5. The second-order valence-electron chi connectivity index (χ2n) is 14.2. The van der Waals surface area contributed by atoms with Crippen LogP contribution in [0.1, 0.15) is 0 Å². The molecule has 57 heavy (non-hydrogen) atoms. The van der Waals surface area contributed by atoms with Gasteiger partial charge in [-0.1, -0.05) is 140 Å². The molecule has 0 spiro atoms. The summed E-state index contributed by atoms with van der Waals surface area (Å²) in [6.45, 7) is 0. The molecule has 3 heterocycles. The molecule has 0 bridgehead atoms.